The molecule has 0 bridgehead atoms. The summed E-state index contributed by atoms with van der Waals surface area (Å²) in [6.45, 7) is 2.53. The minimum atomic E-state index is -0.153. The van der Waals surface area contributed by atoms with Crippen LogP contribution in [0.5, 0.6) is 17.2 Å². The molecule has 2 aromatic carbocycles. The Hall–Kier alpha value is -2.41. The fourth-order valence-electron chi connectivity index (χ4n) is 3.46. The largest absolute Gasteiger partial charge is 0.493 e. The molecule has 1 unspecified atom stereocenters. The van der Waals surface area contributed by atoms with Gasteiger partial charge in [-0.2, -0.15) is 0 Å². The number of carbonyl (C=O) groups excluding carboxylic acids is 1. The summed E-state index contributed by atoms with van der Waals surface area (Å²) in [7, 11) is 4.61. The molecule has 28 heavy (non-hydrogen) atoms. The highest BCUT2D eigenvalue weighted by molar-refractivity contribution is 9.10. The van der Waals surface area contributed by atoms with Gasteiger partial charge in [0.15, 0.2) is 11.5 Å². The van der Waals surface area contributed by atoms with Crippen molar-refractivity contribution < 1.29 is 19.0 Å². The Morgan fingerprint density at radius 3 is 2.46 bits per heavy atom. The smallest absolute Gasteiger partial charge is 0.251 e. The topological polar surface area (TPSA) is 60.0 Å². The second kappa shape index (κ2) is 9.19. The van der Waals surface area contributed by atoms with Gasteiger partial charge in [0.05, 0.1) is 21.3 Å². The van der Waals surface area contributed by atoms with Crippen LogP contribution in [0, 0.1) is 5.92 Å². The Labute approximate surface area is 173 Å². The van der Waals surface area contributed by atoms with Crippen LogP contribution in [0.2, 0.25) is 0 Å². The first-order valence-corrected chi connectivity index (χ1v) is 9.93. The summed E-state index contributed by atoms with van der Waals surface area (Å²) in [4.78, 5) is 15.0. The Bertz CT molecular complexity index is 818. The Morgan fingerprint density at radius 2 is 1.86 bits per heavy atom. The van der Waals surface area contributed by atoms with Crippen LogP contribution in [0.15, 0.2) is 40.9 Å². The molecule has 150 valence electrons. The lowest BCUT2D eigenvalue weighted by atomic mass is 10.1. The zero-order valence-corrected chi connectivity index (χ0v) is 17.9. The molecular weight excluding hydrogens is 424 g/mol. The quantitative estimate of drug-likeness (QED) is 0.698. The van der Waals surface area contributed by atoms with E-state index in [0.717, 1.165) is 24.0 Å². The van der Waals surface area contributed by atoms with Gasteiger partial charge >= 0.3 is 0 Å². The predicted molar refractivity (Wildman–Crippen MR) is 113 cm³/mol. The Balaban J connectivity index is 1.62. The van der Waals surface area contributed by atoms with E-state index in [0.29, 0.717) is 35.3 Å². The van der Waals surface area contributed by atoms with Gasteiger partial charge in [-0.3, -0.25) is 4.79 Å². The first-order chi connectivity index (χ1) is 13.5. The van der Waals surface area contributed by atoms with Crippen molar-refractivity contribution in [3.8, 4) is 17.2 Å². The molecule has 2 aromatic rings. The SMILES string of the molecule is COc1cc(C(=O)NCC2CCN(c3cccc(Br)c3)C2)cc(OC)c1OC. The standard InChI is InChI=1S/C21H25BrN2O4/c1-26-18-9-15(10-19(27-2)20(18)28-3)21(25)23-12-14-7-8-24(13-14)17-6-4-5-16(22)11-17/h4-6,9-11,14H,7-8,12-13H2,1-3H3,(H,23,25). The van der Waals surface area contributed by atoms with Crippen molar-refractivity contribution in [2.75, 3.05) is 45.9 Å². The average Bonchev–Trinajstić information content (AvgIpc) is 3.19. The average molecular weight is 449 g/mol. The van der Waals surface area contributed by atoms with Crippen molar-refractivity contribution in [1.82, 2.24) is 5.32 Å². The van der Waals surface area contributed by atoms with Gasteiger partial charge in [0.1, 0.15) is 0 Å². The highest BCUT2D eigenvalue weighted by Crippen LogP contribution is 2.38. The van der Waals surface area contributed by atoms with E-state index in [9.17, 15) is 4.79 Å². The third-order valence-electron chi connectivity index (χ3n) is 4.94. The van der Waals surface area contributed by atoms with Gasteiger partial charge in [0.2, 0.25) is 5.75 Å². The Kier molecular flexibility index (Phi) is 6.67. The molecule has 0 radical (unpaired) electrons. The monoisotopic (exact) mass is 448 g/mol. The summed E-state index contributed by atoms with van der Waals surface area (Å²) in [5.74, 6) is 1.66. The van der Waals surface area contributed by atoms with Crippen molar-refractivity contribution in [2.45, 2.75) is 6.42 Å². The molecule has 0 spiro atoms. The van der Waals surface area contributed by atoms with Crippen LogP contribution in [0.3, 0.4) is 0 Å². The lowest BCUT2D eigenvalue weighted by Crippen LogP contribution is -2.31. The van der Waals surface area contributed by atoms with Gasteiger partial charge < -0.3 is 24.4 Å². The first-order valence-electron chi connectivity index (χ1n) is 9.14. The molecule has 0 aliphatic carbocycles. The van der Waals surface area contributed by atoms with E-state index >= 15 is 0 Å². The van der Waals surface area contributed by atoms with Gasteiger partial charge in [-0.15, -0.1) is 0 Å². The molecule has 0 aromatic heterocycles. The van der Waals surface area contributed by atoms with Crippen LogP contribution < -0.4 is 24.4 Å². The number of anilines is 1. The molecule has 1 aliphatic rings. The lowest BCUT2D eigenvalue weighted by Gasteiger charge is -2.19. The van der Waals surface area contributed by atoms with Gasteiger partial charge in [-0.25, -0.2) is 0 Å². The fraction of sp³-hybridized carbons (Fsp3) is 0.381. The maximum Gasteiger partial charge on any atom is 0.251 e. The number of carbonyl (C=O) groups is 1. The van der Waals surface area contributed by atoms with Crippen LogP contribution in [0.1, 0.15) is 16.8 Å². The van der Waals surface area contributed by atoms with Crippen LogP contribution in [-0.4, -0.2) is 46.9 Å². The molecule has 7 heteroatoms. The molecule has 1 heterocycles. The molecule has 1 N–H and O–H groups in total. The second-order valence-corrected chi connectivity index (χ2v) is 7.62. The van der Waals surface area contributed by atoms with Crippen molar-refractivity contribution in [3.63, 3.8) is 0 Å². The molecule has 1 atom stereocenters. The molecule has 1 fully saturated rings. The zero-order chi connectivity index (χ0) is 20.1. The molecule has 3 rings (SSSR count). The molecule has 1 saturated heterocycles. The molecule has 1 amide bonds. The van der Waals surface area contributed by atoms with Crippen molar-refractivity contribution in [1.29, 1.82) is 0 Å². The van der Waals surface area contributed by atoms with Crippen molar-refractivity contribution in [2.24, 2.45) is 5.92 Å². The summed E-state index contributed by atoms with van der Waals surface area (Å²) >= 11 is 3.52. The maximum atomic E-state index is 12.7. The highest BCUT2D eigenvalue weighted by Gasteiger charge is 2.24. The van der Waals surface area contributed by atoms with Gasteiger partial charge in [0, 0.05) is 35.4 Å². The van der Waals surface area contributed by atoms with Gasteiger partial charge in [-0.05, 0) is 42.7 Å². The minimum Gasteiger partial charge on any atom is -0.493 e. The highest BCUT2D eigenvalue weighted by atomic mass is 79.9. The number of rotatable bonds is 7. The number of benzene rings is 2. The predicted octanol–water partition coefficient (Wildman–Crippen LogP) is 3.73. The normalized spacial score (nSPS) is 16.0. The number of amides is 1. The zero-order valence-electron chi connectivity index (χ0n) is 16.3. The minimum absolute atomic E-state index is 0.153. The number of nitrogens with one attached hydrogen (secondary N) is 1. The number of nitrogens with zero attached hydrogens (tertiary/aromatic N) is 1. The molecule has 1 aliphatic heterocycles. The molecule has 6 nitrogen and oxygen atoms in total. The van der Waals surface area contributed by atoms with Gasteiger partial charge in [-0.1, -0.05) is 22.0 Å². The van der Waals surface area contributed by atoms with E-state index in [1.165, 1.54) is 27.0 Å². The fourth-order valence-corrected chi connectivity index (χ4v) is 3.85. The van der Waals surface area contributed by atoms with Crippen LogP contribution >= 0.6 is 15.9 Å². The second-order valence-electron chi connectivity index (χ2n) is 6.70. The summed E-state index contributed by atoms with van der Waals surface area (Å²) in [6, 6.07) is 11.6. The van der Waals surface area contributed by atoms with Crippen molar-refractivity contribution in [3.05, 3.63) is 46.4 Å². The van der Waals surface area contributed by atoms with Gasteiger partial charge in [0.25, 0.3) is 5.91 Å². The van der Waals surface area contributed by atoms with E-state index in [-0.39, 0.29) is 5.91 Å². The number of hydrogen-bond acceptors (Lipinski definition) is 5. The number of halogens is 1. The van der Waals surface area contributed by atoms with Crippen LogP contribution in [-0.2, 0) is 0 Å². The maximum absolute atomic E-state index is 12.7. The summed E-state index contributed by atoms with van der Waals surface area (Å²) in [5, 5.41) is 3.04. The summed E-state index contributed by atoms with van der Waals surface area (Å²) in [6.07, 6.45) is 1.04. The number of ether oxygens (including phenoxy) is 3. The lowest BCUT2D eigenvalue weighted by molar-refractivity contribution is 0.0947. The Morgan fingerprint density at radius 1 is 1.14 bits per heavy atom. The number of methoxy groups -OCH3 is 3. The molecular formula is C21H25BrN2O4. The van der Waals surface area contributed by atoms with Crippen molar-refractivity contribution >= 4 is 27.5 Å². The number of hydrogen-bond donors (Lipinski definition) is 1. The van der Waals surface area contributed by atoms with E-state index in [2.05, 4.69) is 38.3 Å². The van der Waals surface area contributed by atoms with Crippen LogP contribution in [0.25, 0.3) is 0 Å². The van der Waals surface area contributed by atoms with E-state index < -0.39 is 0 Å². The summed E-state index contributed by atoms with van der Waals surface area (Å²) < 4.78 is 17.0. The summed E-state index contributed by atoms with van der Waals surface area (Å²) in [5.41, 5.74) is 1.68. The third-order valence-corrected chi connectivity index (χ3v) is 5.43. The van der Waals surface area contributed by atoms with E-state index in [1.807, 2.05) is 12.1 Å². The third kappa shape index (κ3) is 4.52. The van der Waals surface area contributed by atoms with E-state index in [4.69, 9.17) is 14.2 Å². The first kappa shape index (κ1) is 20.3. The van der Waals surface area contributed by atoms with E-state index in [1.54, 1.807) is 12.1 Å². The molecule has 0 saturated carbocycles. The van der Waals surface area contributed by atoms with Crippen LogP contribution in [0.4, 0.5) is 5.69 Å².